The summed E-state index contributed by atoms with van der Waals surface area (Å²) in [6, 6.07) is 6.82. The molecule has 2 bridgehead atoms. The molecule has 2 aliphatic rings. The lowest BCUT2D eigenvalue weighted by Gasteiger charge is -2.22. The Morgan fingerprint density at radius 2 is 2.32 bits per heavy atom. The van der Waals surface area contributed by atoms with Gasteiger partial charge in [-0.3, -0.25) is 0 Å². The number of rotatable bonds is 2. The van der Waals surface area contributed by atoms with Gasteiger partial charge >= 0.3 is 0 Å². The molecule has 3 heterocycles. The fourth-order valence-corrected chi connectivity index (χ4v) is 3.79. The van der Waals surface area contributed by atoms with Crippen molar-refractivity contribution < 1.29 is 4.74 Å². The zero-order chi connectivity index (χ0) is 13.0. The second-order valence-corrected chi connectivity index (χ2v) is 5.97. The number of hydrogen-bond donors (Lipinski definition) is 0. The molecular formula is C15H17ClN2O. The Morgan fingerprint density at radius 3 is 3.00 bits per heavy atom. The zero-order valence-electron chi connectivity index (χ0n) is 11.0. The molecule has 100 valence electrons. The minimum absolute atomic E-state index is 0.352. The maximum atomic E-state index is 6.10. The highest BCUT2D eigenvalue weighted by Crippen LogP contribution is 2.43. The van der Waals surface area contributed by atoms with E-state index >= 15 is 0 Å². The second-order valence-electron chi connectivity index (χ2n) is 5.70. The molecular weight excluding hydrogens is 260 g/mol. The highest BCUT2D eigenvalue weighted by molar-refractivity contribution is 6.16. The third kappa shape index (κ3) is 1.72. The van der Waals surface area contributed by atoms with Crippen molar-refractivity contribution in [2.24, 2.45) is 0 Å². The van der Waals surface area contributed by atoms with Crippen molar-refractivity contribution >= 4 is 22.6 Å². The van der Waals surface area contributed by atoms with E-state index in [0.717, 1.165) is 17.8 Å². The number of aryl methyl sites for hydroxylation is 1. The van der Waals surface area contributed by atoms with E-state index in [-0.39, 0.29) is 0 Å². The maximum Gasteiger partial charge on any atom is 0.125 e. The number of imidazole rings is 1. The first-order chi connectivity index (χ1) is 9.26. The Morgan fingerprint density at radius 1 is 1.42 bits per heavy atom. The summed E-state index contributed by atoms with van der Waals surface area (Å²) in [6.07, 6.45) is 4.28. The fraction of sp³-hybridized carbons (Fsp3) is 0.533. The van der Waals surface area contributed by atoms with E-state index in [4.69, 9.17) is 16.3 Å². The number of halogens is 1. The van der Waals surface area contributed by atoms with Crippen LogP contribution in [0.3, 0.4) is 0 Å². The van der Waals surface area contributed by atoms with Gasteiger partial charge in [-0.05, 0) is 43.9 Å². The molecule has 0 aliphatic carbocycles. The standard InChI is InChI=1S/C15H17ClN2O/c1-9-2-4-11-12(6-9)18(15(8-16)17-11)13-7-10-3-5-14(13)19-10/h2,4,6,10,13-14H,3,5,7-8H2,1H3. The SMILES string of the molecule is Cc1ccc2nc(CCl)n(C3CC4CCC3O4)c2c1. The van der Waals surface area contributed by atoms with E-state index in [0.29, 0.717) is 24.1 Å². The smallest absolute Gasteiger partial charge is 0.125 e. The van der Waals surface area contributed by atoms with Crippen molar-refractivity contribution in [2.75, 3.05) is 0 Å². The number of alkyl halides is 1. The van der Waals surface area contributed by atoms with E-state index in [9.17, 15) is 0 Å². The first-order valence-electron chi connectivity index (χ1n) is 6.95. The van der Waals surface area contributed by atoms with Gasteiger partial charge in [0.1, 0.15) is 5.82 Å². The summed E-state index contributed by atoms with van der Waals surface area (Å²) in [7, 11) is 0. The molecule has 0 amide bonds. The van der Waals surface area contributed by atoms with Crippen LogP contribution in [0.5, 0.6) is 0 Å². The zero-order valence-corrected chi connectivity index (χ0v) is 11.7. The number of fused-ring (bicyclic) bond motifs is 3. The van der Waals surface area contributed by atoms with Crippen molar-refractivity contribution in [2.45, 2.75) is 50.3 Å². The molecule has 0 radical (unpaired) electrons. The molecule has 2 aliphatic heterocycles. The highest BCUT2D eigenvalue weighted by Gasteiger charge is 2.42. The molecule has 3 atom stereocenters. The Labute approximate surface area is 117 Å². The van der Waals surface area contributed by atoms with Crippen LogP contribution in [0, 0.1) is 6.92 Å². The van der Waals surface area contributed by atoms with Crippen LogP contribution < -0.4 is 0 Å². The summed E-state index contributed by atoms with van der Waals surface area (Å²) >= 11 is 6.10. The Bertz CT molecular complexity index is 636. The molecule has 1 aromatic heterocycles. The van der Waals surface area contributed by atoms with E-state index < -0.39 is 0 Å². The normalized spacial score (nSPS) is 29.5. The summed E-state index contributed by atoms with van der Waals surface area (Å²) < 4.78 is 8.33. The minimum Gasteiger partial charge on any atom is -0.373 e. The van der Waals surface area contributed by atoms with Crippen LogP contribution in [0.1, 0.15) is 36.7 Å². The molecule has 0 spiro atoms. The molecule has 0 N–H and O–H groups in total. The number of benzene rings is 1. The van der Waals surface area contributed by atoms with Crippen LogP contribution in [0.2, 0.25) is 0 Å². The summed E-state index contributed by atoms with van der Waals surface area (Å²) in [5.74, 6) is 1.44. The number of nitrogens with zero attached hydrogens (tertiary/aromatic N) is 2. The van der Waals surface area contributed by atoms with Gasteiger partial charge in [0.15, 0.2) is 0 Å². The van der Waals surface area contributed by atoms with Gasteiger partial charge in [-0.1, -0.05) is 6.07 Å². The van der Waals surface area contributed by atoms with E-state index in [1.165, 1.54) is 23.9 Å². The van der Waals surface area contributed by atoms with Crippen molar-refractivity contribution in [1.82, 2.24) is 9.55 Å². The monoisotopic (exact) mass is 276 g/mol. The summed E-state index contributed by atoms with van der Waals surface area (Å²) in [5.41, 5.74) is 3.51. The van der Waals surface area contributed by atoms with Crippen LogP contribution in [0.15, 0.2) is 18.2 Å². The minimum atomic E-state index is 0.352. The first-order valence-corrected chi connectivity index (χ1v) is 7.48. The van der Waals surface area contributed by atoms with Gasteiger partial charge in [0, 0.05) is 0 Å². The molecule has 3 nitrogen and oxygen atoms in total. The van der Waals surface area contributed by atoms with Crippen molar-refractivity contribution in [3.63, 3.8) is 0 Å². The lowest BCUT2D eigenvalue weighted by molar-refractivity contribution is 0.0940. The van der Waals surface area contributed by atoms with Gasteiger partial charge < -0.3 is 9.30 Å². The Balaban J connectivity index is 1.89. The number of ether oxygens (including phenoxy) is 1. The summed E-state index contributed by atoms with van der Waals surface area (Å²) in [6.45, 7) is 2.12. The summed E-state index contributed by atoms with van der Waals surface area (Å²) in [5, 5.41) is 0. The molecule has 2 aromatic rings. The van der Waals surface area contributed by atoms with Crippen LogP contribution in [-0.4, -0.2) is 21.8 Å². The third-order valence-electron chi connectivity index (χ3n) is 4.44. The lowest BCUT2D eigenvalue weighted by Crippen LogP contribution is -2.22. The number of aromatic nitrogens is 2. The van der Waals surface area contributed by atoms with Gasteiger partial charge in [0.2, 0.25) is 0 Å². The molecule has 4 rings (SSSR count). The molecule has 1 aromatic carbocycles. The summed E-state index contributed by atoms with van der Waals surface area (Å²) in [4.78, 5) is 4.68. The van der Waals surface area contributed by atoms with Crippen molar-refractivity contribution in [3.8, 4) is 0 Å². The van der Waals surface area contributed by atoms with Crippen LogP contribution in [-0.2, 0) is 10.6 Å². The Hall–Kier alpha value is -1.06. The van der Waals surface area contributed by atoms with Crippen LogP contribution in [0.25, 0.3) is 11.0 Å². The van der Waals surface area contributed by atoms with Crippen LogP contribution in [0.4, 0.5) is 0 Å². The number of hydrogen-bond acceptors (Lipinski definition) is 2. The molecule has 19 heavy (non-hydrogen) atoms. The lowest BCUT2D eigenvalue weighted by atomic mass is 9.95. The van der Waals surface area contributed by atoms with Gasteiger partial charge in [0.05, 0.1) is 35.2 Å². The Kier molecular flexibility index (Phi) is 2.61. The third-order valence-corrected chi connectivity index (χ3v) is 4.68. The van der Waals surface area contributed by atoms with Crippen molar-refractivity contribution in [1.29, 1.82) is 0 Å². The largest absolute Gasteiger partial charge is 0.373 e. The second kappa shape index (κ2) is 4.22. The average molecular weight is 277 g/mol. The predicted octanol–water partition coefficient (Wildman–Crippen LogP) is 3.58. The van der Waals surface area contributed by atoms with E-state index in [1.807, 2.05) is 0 Å². The van der Waals surface area contributed by atoms with E-state index in [1.54, 1.807) is 0 Å². The van der Waals surface area contributed by atoms with Gasteiger partial charge in [-0.25, -0.2) is 4.98 Å². The molecule has 0 saturated carbocycles. The molecule has 2 saturated heterocycles. The highest BCUT2D eigenvalue weighted by atomic mass is 35.5. The topological polar surface area (TPSA) is 27.1 Å². The fourth-order valence-electron chi connectivity index (χ4n) is 3.60. The average Bonchev–Trinajstić information content (AvgIpc) is 3.10. The molecule has 4 heteroatoms. The van der Waals surface area contributed by atoms with E-state index in [2.05, 4.69) is 34.7 Å². The van der Waals surface area contributed by atoms with Gasteiger partial charge in [0.25, 0.3) is 0 Å². The van der Waals surface area contributed by atoms with Crippen LogP contribution >= 0.6 is 11.6 Å². The maximum absolute atomic E-state index is 6.10. The quantitative estimate of drug-likeness (QED) is 0.784. The van der Waals surface area contributed by atoms with Crippen molar-refractivity contribution in [3.05, 3.63) is 29.6 Å². The first kappa shape index (κ1) is 11.7. The predicted molar refractivity (Wildman–Crippen MR) is 75.6 cm³/mol. The molecule has 2 fully saturated rings. The van der Waals surface area contributed by atoms with Gasteiger partial charge in [-0.2, -0.15) is 0 Å². The molecule has 3 unspecified atom stereocenters. The van der Waals surface area contributed by atoms with Gasteiger partial charge in [-0.15, -0.1) is 11.6 Å².